The molecule has 0 saturated heterocycles. The predicted molar refractivity (Wildman–Crippen MR) is 95.7 cm³/mol. The van der Waals surface area contributed by atoms with E-state index in [9.17, 15) is 9.59 Å². The highest BCUT2D eigenvalue weighted by Gasteiger charge is 2.39. The topological polar surface area (TPSA) is 66.8 Å². The van der Waals surface area contributed by atoms with Gasteiger partial charge < -0.3 is 14.7 Å². The van der Waals surface area contributed by atoms with Crippen LogP contribution in [-0.2, 0) is 10.2 Å². The molecule has 1 aliphatic rings. The summed E-state index contributed by atoms with van der Waals surface area (Å²) in [6.45, 7) is 4.17. The fourth-order valence-electron chi connectivity index (χ4n) is 3.17. The fraction of sp³-hybridized carbons (Fsp3) is 0.263. The molecule has 0 bridgehead atoms. The number of halogens is 1. The zero-order valence-corrected chi connectivity index (χ0v) is 14.7. The van der Waals surface area contributed by atoms with Gasteiger partial charge in [0.05, 0.1) is 0 Å². The summed E-state index contributed by atoms with van der Waals surface area (Å²) in [5, 5.41) is 9.36. The normalized spacial score (nSPS) is 14.9. The Labute approximate surface area is 150 Å². The van der Waals surface area contributed by atoms with Crippen LogP contribution >= 0.6 is 11.6 Å². The summed E-state index contributed by atoms with van der Waals surface area (Å²) >= 11 is 6.35. The SMILES string of the molecule is CC1(C)CN(C(=O)c2cccc(OCC(=O)O)c2)c2cccc(Cl)c21. The number of amides is 1. The van der Waals surface area contributed by atoms with Crippen molar-refractivity contribution in [2.24, 2.45) is 0 Å². The first kappa shape index (κ1) is 17.3. The summed E-state index contributed by atoms with van der Waals surface area (Å²) in [5.74, 6) is -0.894. The molecule has 0 atom stereocenters. The van der Waals surface area contributed by atoms with Crippen molar-refractivity contribution in [2.45, 2.75) is 19.3 Å². The second-order valence-electron chi connectivity index (χ2n) is 6.62. The van der Waals surface area contributed by atoms with Crippen molar-refractivity contribution in [3.05, 3.63) is 58.6 Å². The molecule has 130 valence electrons. The maximum absolute atomic E-state index is 13.0. The van der Waals surface area contributed by atoms with E-state index < -0.39 is 12.6 Å². The van der Waals surface area contributed by atoms with Crippen molar-refractivity contribution in [2.75, 3.05) is 18.1 Å². The minimum absolute atomic E-state index is 0.171. The highest BCUT2D eigenvalue weighted by atomic mass is 35.5. The van der Waals surface area contributed by atoms with Crippen molar-refractivity contribution >= 4 is 29.2 Å². The molecule has 0 saturated carbocycles. The van der Waals surface area contributed by atoms with E-state index in [1.807, 2.05) is 18.2 Å². The van der Waals surface area contributed by atoms with Crippen LogP contribution in [0.1, 0.15) is 29.8 Å². The number of hydrogen-bond acceptors (Lipinski definition) is 3. The molecular formula is C19H18ClNO4. The third-order valence-electron chi connectivity index (χ3n) is 4.20. The van der Waals surface area contributed by atoms with E-state index in [4.69, 9.17) is 21.4 Å². The van der Waals surface area contributed by atoms with Gasteiger partial charge in [0.25, 0.3) is 5.91 Å². The Hall–Kier alpha value is -2.53. The predicted octanol–water partition coefficient (Wildman–Crippen LogP) is 3.74. The third-order valence-corrected chi connectivity index (χ3v) is 4.52. The maximum Gasteiger partial charge on any atom is 0.341 e. The highest BCUT2D eigenvalue weighted by Crippen LogP contribution is 2.44. The average Bonchev–Trinajstić information content (AvgIpc) is 2.85. The van der Waals surface area contributed by atoms with Crippen molar-refractivity contribution in [1.29, 1.82) is 0 Å². The molecule has 1 amide bonds. The molecule has 1 N–H and O–H groups in total. The number of fused-ring (bicyclic) bond motifs is 1. The number of nitrogens with zero attached hydrogens (tertiary/aromatic N) is 1. The Morgan fingerprint density at radius 1 is 1.24 bits per heavy atom. The van der Waals surface area contributed by atoms with Crippen LogP contribution in [0.25, 0.3) is 0 Å². The lowest BCUT2D eigenvalue weighted by atomic mass is 9.87. The van der Waals surface area contributed by atoms with Gasteiger partial charge in [-0.15, -0.1) is 0 Å². The monoisotopic (exact) mass is 359 g/mol. The van der Waals surface area contributed by atoms with Crippen molar-refractivity contribution in [3.63, 3.8) is 0 Å². The molecule has 6 heteroatoms. The van der Waals surface area contributed by atoms with E-state index >= 15 is 0 Å². The second-order valence-corrected chi connectivity index (χ2v) is 7.03. The first-order chi connectivity index (χ1) is 11.8. The molecule has 2 aromatic rings. The summed E-state index contributed by atoms with van der Waals surface area (Å²) in [5.41, 5.74) is 1.95. The number of carboxylic acids is 1. The van der Waals surface area contributed by atoms with E-state index in [2.05, 4.69) is 13.8 Å². The van der Waals surface area contributed by atoms with Gasteiger partial charge in [-0.2, -0.15) is 0 Å². The number of ether oxygens (including phenoxy) is 1. The quantitative estimate of drug-likeness (QED) is 0.903. The number of rotatable bonds is 4. The number of anilines is 1. The molecule has 0 fully saturated rings. The van der Waals surface area contributed by atoms with E-state index in [0.717, 1.165) is 11.3 Å². The summed E-state index contributed by atoms with van der Waals surface area (Å²) in [7, 11) is 0. The van der Waals surface area contributed by atoms with Gasteiger partial charge >= 0.3 is 5.97 Å². The van der Waals surface area contributed by atoms with Crippen molar-refractivity contribution < 1.29 is 19.4 Å². The molecule has 1 heterocycles. The van der Waals surface area contributed by atoms with Gasteiger partial charge in [-0.05, 0) is 30.3 Å². The van der Waals surface area contributed by atoms with Crippen LogP contribution < -0.4 is 9.64 Å². The second kappa shape index (κ2) is 6.41. The minimum Gasteiger partial charge on any atom is -0.482 e. The Bertz CT molecular complexity index is 847. The minimum atomic E-state index is -1.07. The number of carboxylic acid groups (broad SMARTS) is 1. The molecule has 25 heavy (non-hydrogen) atoms. The zero-order chi connectivity index (χ0) is 18.2. The van der Waals surface area contributed by atoms with Gasteiger partial charge in [0, 0.05) is 33.8 Å². The number of benzene rings is 2. The van der Waals surface area contributed by atoms with Gasteiger partial charge in [0.2, 0.25) is 0 Å². The Kier molecular flexibility index (Phi) is 4.43. The molecule has 0 aromatic heterocycles. The zero-order valence-electron chi connectivity index (χ0n) is 14.0. The summed E-state index contributed by atoms with van der Waals surface area (Å²) in [4.78, 5) is 25.3. The molecular weight excluding hydrogens is 342 g/mol. The lowest BCUT2D eigenvalue weighted by Gasteiger charge is -2.21. The van der Waals surface area contributed by atoms with Gasteiger partial charge in [-0.1, -0.05) is 37.6 Å². The summed E-state index contributed by atoms with van der Waals surface area (Å²) in [6, 6.07) is 12.1. The number of carbonyl (C=O) groups excluding carboxylic acids is 1. The van der Waals surface area contributed by atoms with Crippen molar-refractivity contribution in [3.8, 4) is 5.75 Å². The Morgan fingerprint density at radius 3 is 2.68 bits per heavy atom. The van der Waals surface area contributed by atoms with Crippen molar-refractivity contribution in [1.82, 2.24) is 0 Å². The first-order valence-corrected chi connectivity index (χ1v) is 8.23. The lowest BCUT2D eigenvalue weighted by molar-refractivity contribution is -0.139. The van der Waals surface area contributed by atoms with Gasteiger partial charge in [-0.3, -0.25) is 4.79 Å². The maximum atomic E-state index is 13.0. The number of hydrogen-bond donors (Lipinski definition) is 1. The standard InChI is InChI=1S/C19H18ClNO4/c1-19(2)11-21(15-8-4-7-14(20)17(15)19)18(24)12-5-3-6-13(9-12)25-10-16(22)23/h3-9H,10-11H2,1-2H3,(H,22,23). The highest BCUT2D eigenvalue weighted by molar-refractivity contribution is 6.32. The smallest absolute Gasteiger partial charge is 0.341 e. The third kappa shape index (κ3) is 3.33. The molecule has 0 aliphatic carbocycles. The molecule has 3 rings (SSSR count). The van der Waals surface area contributed by atoms with E-state index in [1.54, 1.807) is 29.2 Å². The van der Waals surface area contributed by atoms with E-state index in [1.165, 1.54) is 0 Å². The van der Waals surface area contributed by atoms with E-state index in [0.29, 0.717) is 22.9 Å². The fourth-order valence-corrected chi connectivity index (χ4v) is 3.59. The molecule has 0 unspecified atom stereocenters. The van der Waals surface area contributed by atoms with Crippen LogP contribution in [0.2, 0.25) is 5.02 Å². The van der Waals surface area contributed by atoms with Gasteiger partial charge in [0.1, 0.15) is 5.75 Å². The molecule has 2 aromatic carbocycles. The van der Waals surface area contributed by atoms with Gasteiger partial charge in [-0.25, -0.2) is 4.79 Å². The Balaban J connectivity index is 1.92. The number of carbonyl (C=O) groups is 2. The lowest BCUT2D eigenvalue weighted by Crippen LogP contribution is -2.33. The molecule has 5 nitrogen and oxygen atoms in total. The van der Waals surface area contributed by atoms with Gasteiger partial charge in [0.15, 0.2) is 6.61 Å². The molecule has 1 aliphatic heterocycles. The average molecular weight is 360 g/mol. The summed E-state index contributed by atoms with van der Waals surface area (Å²) in [6.07, 6.45) is 0. The van der Waals surface area contributed by atoms with Crippen LogP contribution in [0, 0.1) is 0 Å². The Morgan fingerprint density at radius 2 is 1.96 bits per heavy atom. The summed E-state index contributed by atoms with van der Waals surface area (Å²) < 4.78 is 5.16. The largest absolute Gasteiger partial charge is 0.482 e. The number of aliphatic carboxylic acids is 1. The van der Waals surface area contributed by atoms with E-state index in [-0.39, 0.29) is 11.3 Å². The van der Waals surface area contributed by atoms with Crippen LogP contribution in [0.4, 0.5) is 5.69 Å². The molecule has 0 spiro atoms. The van der Waals surface area contributed by atoms with Crippen LogP contribution in [0.15, 0.2) is 42.5 Å². The van der Waals surface area contributed by atoms with Crippen LogP contribution in [-0.4, -0.2) is 30.1 Å². The van der Waals surface area contributed by atoms with Crippen LogP contribution in [0.3, 0.4) is 0 Å². The molecule has 0 radical (unpaired) electrons. The first-order valence-electron chi connectivity index (χ1n) is 7.85. The van der Waals surface area contributed by atoms with Crippen LogP contribution in [0.5, 0.6) is 5.75 Å².